The van der Waals surface area contributed by atoms with Gasteiger partial charge in [-0.3, -0.25) is 4.79 Å². The van der Waals surface area contributed by atoms with Crippen LogP contribution in [0.2, 0.25) is 5.02 Å². The lowest BCUT2D eigenvalue weighted by Crippen LogP contribution is -2.30. The number of nitrogens with one attached hydrogen (secondary N) is 1. The molecular weight excluding hydrogens is 398 g/mol. The van der Waals surface area contributed by atoms with Crippen molar-refractivity contribution in [3.63, 3.8) is 0 Å². The summed E-state index contributed by atoms with van der Waals surface area (Å²) >= 11 is 7.61. The maximum Gasteiger partial charge on any atom is 0.341 e. The predicted octanol–water partition coefficient (Wildman–Crippen LogP) is 5.03. The number of ether oxygens (including phenoxy) is 2. The molecule has 1 heterocycles. The quantitative estimate of drug-likeness (QED) is 0.688. The first-order chi connectivity index (χ1) is 13.3. The van der Waals surface area contributed by atoms with Crippen LogP contribution in [0.5, 0.6) is 5.75 Å². The predicted molar refractivity (Wildman–Crippen MR) is 112 cm³/mol. The average Bonchev–Trinajstić information content (AvgIpc) is 3.00. The number of carbonyl (C=O) groups is 2. The van der Waals surface area contributed by atoms with Crippen LogP contribution in [0.4, 0.5) is 5.00 Å². The second-order valence-electron chi connectivity index (χ2n) is 7.23. The lowest BCUT2D eigenvalue weighted by Gasteiger charge is -2.18. The number of esters is 1. The van der Waals surface area contributed by atoms with Gasteiger partial charge >= 0.3 is 5.97 Å². The molecular formula is C21H24ClNO4S. The summed E-state index contributed by atoms with van der Waals surface area (Å²) in [4.78, 5) is 26.2. The minimum Gasteiger partial charge on any atom is -0.479 e. The molecule has 0 spiro atoms. The number of halogens is 1. The lowest BCUT2D eigenvalue weighted by molar-refractivity contribution is -0.122. The van der Waals surface area contributed by atoms with E-state index in [4.69, 9.17) is 21.1 Å². The van der Waals surface area contributed by atoms with Crippen LogP contribution >= 0.6 is 22.9 Å². The van der Waals surface area contributed by atoms with Crippen molar-refractivity contribution >= 4 is 39.8 Å². The number of aryl methyl sites for hydroxylation is 1. The van der Waals surface area contributed by atoms with Crippen LogP contribution in [-0.2, 0) is 22.4 Å². The van der Waals surface area contributed by atoms with E-state index < -0.39 is 12.1 Å². The highest BCUT2D eigenvalue weighted by molar-refractivity contribution is 7.17. The minimum absolute atomic E-state index is 0.339. The van der Waals surface area contributed by atoms with Crippen molar-refractivity contribution in [3.8, 4) is 5.75 Å². The molecule has 1 N–H and O–H groups in total. The van der Waals surface area contributed by atoms with E-state index in [1.807, 2.05) is 13.0 Å². The fourth-order valence-corrected chi connectivity index (χ4v) is 4.88. The number of fused-ring (bicyclic) bond motifs is 1. The first kappa shape index (κ1) is 20.7. The van der Waals surface area contributed by atoms with E-state index in [0.717, 1.165) is 35.3 Å². The Morgan fingerprint density at radius 1 is 1.36 bits per heavy atom. The minimum atomic E-state index is -0.775. The Hall–Kier alpha value is -2.05. The zero-order valence-electron chi connectivity index (χ0n) is 16.4. The van der Waals surface area contributed by atoms with Gasteiger partial charge in [-0.1, -0.05) is 24.6 Å². The van der Waals surface area contributed by atoms with Crippen LogP contribution in [0.25, 0.3) is 0 Å². The Bertz CT molecular complexity index is 908. The summed E-state index contributed by atoms with van der Waals surface area (Å²) in [7, 11) is 1.36. The molecule has 2 aromatic rings. The fraction of sp³-hybridized carbons (Fsp3) is 0.429. The van der Waals surface area contributed by atoms with E-state index >= 15 is 0 Å². The van der Waals surface area contributed by atoms with Gasteiger partial charge in [-0.05, 0) is 62.3 Å². The van der Waals surface area contributed by atoms with Crippen molar-refractivity contribution < 1.29 is 19.1 Å². The van der Waals surface area contributed by atoms with Gasteiger partial charge in [0.25, 0.3) is 5.91 Å². The summed E-state index contributed by atoms with van der Waals surface area (Å²) in [6.45, 7) is 5.77. The van der Waals surface area contributed by atoms with Crippen LogP contribution in [0.1, 0.15) is 46.6 Å². The van der Waals surface area contributed by atoms with Gasteiger partial charge in [0.05, 0.1) is 17.7 Å². The van der Waals surface area contributed by atoms with Gasteiger partial charge in [0.2, 0.25) is 0 Å². The molecule has 1 aromatic heterocycles. The number of hydrogen-bond donors (Lipinski definition) is 1. The lowest BCUT2D eigenvalue weighted by atomic mass is 9.88. The molecule has 2 atom stereocenters. The highest BCUT2D eigenvalue weighted by atomic mass is 35.5. The van der Waals surface area contributed by atoms with E-state index in [2.05, 4.69) is 12.2 Å². The van der Waals surface area contributed by atoms with Gasteiger partial charge in [-0.25, -0.2) is 4.79 Å². The number of amides is 1. The van der Waals surface area contributed by atoms with Crippen molar-refractivity contribution in [2.24, 2.45) is 5.92 Å². The summed E-state index contributed by atoms with van der Waals surface area (Å²) in [6, 6.07) is 5.40. The van der Waals surface area contributed by atoms with Gasteiger partial charge in [-0.15, -0.1) is 11.3 Å². The van der Waals surface area contributed by atoms with Crippen molar-refractivity contribution in [2.45, 2.75) is 46.1 Å². The van der Waals surface area contributed by atoms with Gasteiger partial charge in [0.15, 0.2) is 6.10 Å². The molecule has 150 valence electrons. The highest BCUT2D eigenvalue weighted by Crippen LogP contribution is 2.40. The topological polar surface area (TPSA) is 64.6 Å². The molecule has 3 rings (SSSR count). The molecule has 1 amide bonds. The maximum absolute atomic E-state index is 12.7. The van der Waals surface area contributed by atoms with Crippen LogP contribution in [0.3, 0.4) is 0 Å². The Kier molecular flexibility index (Phi) is 6.30. The maximum atomic E-state index is 12.7. The zero-order valence-corrected chi connectivity index (χ0v) is 18.0. The standard InChI is InChI=1S/C21H24ClNO4S/c1-11-6-8-15(22)16(9-11)27-13(3)19(24)23-20-18(21(25)26-4)14-7-5-12(2)10-17(14)28-20/h6,8-9,12-13H,5,7,10H2,1-4H3,(H,23,24)/t12-,13-/m0/s1. The van der Waals surface area contributed by atoms with Gasteiger partial charge < -0.3 is 14.8 Å². The molecule has 0 radical (unpaired) electrons. The molecule has 0 aliphatic heterocycles. The summed E-state index contributed by atoms with van der Waals surface area (Å²) < 4.78 is 10.7. The largest absolute Gasteiger partial charge is 0.479 e. The first-order valence-corrected chi connectivity index (χ1v) is 10.5. The third-order valence-electron chi connectivity index (χ3n) is 4.90. The summed E-state index contributed by atoms with van der Waals surface area (Å²) in [5, 5.41) is 3.84. The molecule has 28 heavy (non-hydrogen) atoms. The fourth-order valence-electron chi connectivity index (χ4n) is 3.32. The normalized spacial score (nSPS) is 16.8. The van der Waals surface area contributed by atoms with Gasteiger partial charge in [0.1, 0.15) is 10.8 Å². The van der Waals surface area contributed by atoms with E-state index in [1.165, 1.54) is 18.4 Å². The van der Waals surface area contributed by atoms with Gasteiger partial charge in [0, 0.05) is 4.88 Å². The number of carbonyl (C=O) groups excluding carboxylic acids is 2. The SMILES string of the molecule is COC(=O)c1c(NC(=O)[C@H](C)Oc2cc(C)ccc2Cl)sc2c1CC[C@H](C)C2. The molecule has 0 fully saturated rings. The molecule has 0 bridgehead atoms. The third-order valence-corrected chi connectivity index (χ3v) is 6.38. The van der Waals surface area contributed by atoms with Crippen molar-refractivity contribution in [1.82, 2.24) is 0 Å². The smallest absolute Gasteiger partial charge is 0.341 e. The molecule has 1 aliphatic rings. The van der Waals surface area contributed by atoms with E-state index in [0.29, 0.717) is 27.3 Å². The molecule has 0 saturated heterocycles. The third kappa shape index (κ3) is 4.33. The van der Waals surface area contributed by atoms with Crippen molar-refractivity contribution in [1.29, 1.82) is 0 Å². The zero-order chi connectivity index (χ0) is 20.4. The van der Waals surface area contributed by atoms with Crippen LogP contribution in [0.15, 0.2) is 18.2 Å². The average molecular weight is 422 g/mol. The number of rotatable bonds is 5. The molecule has 1 aliphatic carbocycles. The van der Waals surface area contributed by atoms with Crippen LogP contribution in [0, 0.1) is 12.8 Å². The van der Waals surface area contributed by atoms with Crippen LogP contribution < -0.4 is 10.1 Å². The summed E-state index contributed by atoms with van der Waals surface area (Å²) in [5.74, 6) is 0.259. The number of anilines is 1. The van der Waals surface area contributed by atoms with Gasteiger partial charge in [-0.2, -0.15) is 0 Å². The Morgan fingerprint density at radius 2 is 2.11 bits per heavy atom. The van der Waals surface area contributed by atoms with E-state index in [1.54, 1.807) is 19.1 Å². The number of hydrogen-bond acceptors (Lipinski definition) is 5. The molecule has 0 saturated carbocycles. The number of methoxy groups -OCH3 is 1. The van der Waals surface area contributed by atoms with Crippen molar-refractivity contribution in [3.05, 3.63) is 44.8 Å². The van der Waals surface area contributed by atoms with E-state index in [-0.39, 0.29) is 5.91 Å². The van der Waals surface area contributed by atoms with Crippen molar-refractivity contribution in [2.75, 3.05) is 12.4 Å². The first-order valence-electron chi connectivity index (χ1n) is 9.26. The van der Waals surface area contributed by atoms with E-state index in [9.17, 15) is 9.59 Å². The molecule has 5 nitrogen and oxygen atoms in total. The summed E-state index contributed by atoms with van der Waals surface area (Å²) in [6.07, 6.45) is 1.97. The summed E-state index contributed by atoms with van der Waals surface area (Å²) in [5.41, 5.74) is 2.46. The Morgan fingerprint density at radius 3 is 2.82 bits per heavy atom. The molecule has 7 heteroatoms. The Balaban J connectivity index is 1.81. The number of benzene rings is 1. The second kappa shape index (κ2) is 8.53. The second-order valence-corrected chi connectivity index (χ2v) is 8.74. The Labute approximate surface area is 174 Å². The molecule has 0 unspecified atom stereocenters. The monoisotopic (exact) mass is 421 g/mol. The highest BCUT2D eigenvalue weighted by Gasteiger charge is 2.29. The number of thiophene rings is 1. The molecule has 1 aromatic carbocycles. The van der Waals surface area contributed by atoms with Crippen LogP contribution in [-0.4, -0.2) is 25.1 Å².